The average Bonchev–Trinajstić information content (AvgIpc) is 3.30. The molecule has 2 fully saturated rings. The summed E-state index contributed by atoms with van der Waals surface area (Å²) in [5, 5.41) is 3.59. The fourth-order valence-electron chi connectivity index (χ4n) is 2.77. The highest BCUT2D eigenvalue weighted by Gasteiger charge is 2.21. The molecule has 1 heterocycles. The van der Waals surface area contributed by atoms with Crippen molar-refractivity contribution in [1.29, 1.82) is 0 Å². The van der Waals surface area contributed by atoms with Gasteiger partial charge in [0.1, 0.15) is 0 Å². The quantitative estimate of drug-likeness (QED) is 0.863. The molecular weight excluding hydrogens is 248 g/mol. The number of ether oxygens (including phenoxy) is 1. The van der Waals surface area contributed by atoms with Gasteiger partial charge in [-0.1, -0.05) is 24.3 Å². The van der Waals surface area contributed by atoms with Crippen LogP contribution >= 0.6 is 0 Å². The largest absolute Gasteiger partial charge is 0.373 e. The smallest absolute Gasteiger partial charge is 0.0723 e. The predicted octanol–water partition coefficient (Wildman–Crippen LogP) is 2.55. The van der Waals surface area contributed by atoms with Crippen molar-refractivity contribution in [2.45, 2.75) is 51.0 Å². The lowest BCUT2D eigenvalue weighted by Crippen LogP contribution is -2.34. The maximum absolute atomic E-state index is 6.13. The van der Waals surface area contributed by atoms with Gasteiger partial charge in [-0.3, -0.25) is 0 Å². The number of rotatable bonds is 6. The van der Waals surface area contributed by atoms with E-state index in [-0.39, 0.29) is 0 Å². The Morgan fingerprint density at radius 3 is 2.50 bits per heavy atom. The first-order valence-electron chi connectivity index (χ1n) is 7.91. The van der Waals surface area contributed by atoms with Crippen molar-refractivity contribution >= 4 is 0 Å². The lowest BCUT2D eigenvalue weighted by Gasteiger charge is -2.29. The van der Waals surface area contributed by atoms with E-state index in [4.69, 9.17) is 4.74 Å². The molecule has 0 radical (unpaired) electrons. The van der Waals surface area contributed by atoms with Gasteiger partial charge >= 0.3 is 0 Å². The van der Waals surface area contributed by atoms with Crippen molar-refractivity contribution in [2.24, 2.45) is 0 Å². The van der Waals surface area contributed by atoms with Gasteiger partial charge in [-0.05, 0) is 43.9 Å². The molecule has 1 N–H and O–H groups in total. The first kappa shape index (κ1) is 14.1. The molecule has 0 spiro atoms. The van der Waals surface area contributed by atoms with Gasteiger partial charge in [0.05, 0.1) is 12.7 Å². The van der Waals surface area contributed by atoms with E-state index in [2.05, 4.69) is 41.5 Å². The van der Waals surface area contributed by atoms with E-state index in [9.17, 15) is 0 Å². The molecule has 0 aromatic heterocycles. The van der Waals surface area contributed by atoms with Gasteiger partial charge in [-0.2, -0.15) is 0 Å². The fourth-order valence-corrected chi connectivity index (χ4v) is 2.77. The van der Waals surface area contributed by atoms with Crippen molar-refractivity contribution in [2.75, 3.05) is 20.1 Å². The minimum Gasteiger partial charge on any atom is -0.373 e. The van der Waals surface area contributed by atoms with E-state index in [1.165, 1.54) is 36.8 Å². The van der Waals surface area contributed by atoms with Crippen molar-refractivity contribution in [3.05, 3.63) is 35.4 Å². The zero-order valence-electron chi connectivity index (χ0n) is 12.5. The molecule has 0 atom stereocenters. The average molecular weight is 274 g/mol. The monoisotopic (exact) mass is 274 g/mol. The summed E-state index contributed by atoms with van der Waals surface area (Å²) in [6, 6.07) is 9.44. The summed E-state index contributed by atoms with van der Waals surface area (Å²) in [6.07, 6.45) is 5.45. The number of piperidine rings is 1. The van der Waals surface area contributed by atoms with Crippen molar-refractivity contribution in [3.8, 4) is 0 Å². The van der Waals surface area contributed by atoms with E-state index in [1.807, 2.05) is 0 Å². The van der Waals surface area contributed by atoms with E-state index in [0.717, 1.165) is 32.3 Å². The molecule has 2 aliphatic rings. The Morgan fingerprint density at radius 1 is 1.10 bits per heavy atom. The summed E-state index contributed by atoms with van der Waals surface area (Å²) in [5.74, 6) is 0. The minimum absolute atomic E-state index is 0.440. The van der Waals surface area contributed by atoms with Crippen LogP contribution in [0.25, 0.3) is 0 Å². The highest BCUT2D eigenvalue weighted by Crippen LogP contribution is 2.21. The molecule has 0 amide bonds. The second kappa shape index (κ2) is 6.70. The summed E-state index contributed by atoms with van der Waals surface area (Å²) in [4.78, 5) is 2.38. The van der Waals surface area contributed by atoms with Crippen molar-refractivity contribution < 1.29 is 4.74 Å². The zero-order valence-corrected chi connectivity index (χ0v) is 12.5. The molecule has 1 aromatic carbocycles. The first-order valence-corrected chi connectivity index (χ1v) is 7.91. The van der Waals surface area contributed by atoms with Gasteiger partial charge in [0.2, 0.25) is 0 Å². The van der Waals surface area contributed by atoms with Crippen LogP contribution in [-0.2, 0) is 17.9 Å². The Morgan fingerprint density at radius 2 is 1.80 bits per heavy atom. The van der Waals surface area contributed by atoms with Gasteiger partial charge in [0.15, 0.2) is 0 Å². The maximum Gasteiger partial charge on any atom is 0.0723 e. The molecular formula is C17H26N2O. The molecule has 0 bridgehead atoms. The van der Waals surface area contributed by atoms with Gasteiger partial charge in [0, 0.05) is 25.7 Å². The molecule has 3 heteroatoms. The standard InChI is InChI=1S/C17H26N2O/c1-19-10-8-17(9-11-19)20-13-15-5-3-2-4-14(15)12-18-16-6-7-16/h2-5,16-18H,6-13H2,1H3. The van der Waals surface area contributed by atoms with Crippen LogP contribution in [0.15, 0.2) is 24.3 Å². The number of nitrogens with zero attached hydrogens (tertiary/aromatic N) is 1. The summed E-state index contributed by atoms with van der Waals surface area (Å²) < 4.78 is 6.13. The van der Waals surface area contributed by atoms with Gasteiger partial charge < -0.3 is 15.0 Å². The minimum atomic E-state index is 0.440. The molecule has 110 valence electrons. The summed E-state index contributed by atoms with van der Waals surface area (Å²) >= 11 is 0. The van der Waals surface area contributed by atoms with Crippen LogP contribution in [0.4, 0.5) is 0 Å². The molecule has 3 rings (SSSR count). The Hall–Kier alpha value is -0.900. The van der Waals surface area contributed by atoms with E-state index < -0.39 is 0 Å². The third kappa shape index (κ3) is 4.05. The normalized spacial score (nSPS) is 21.2. The Balaban J connectivity index is 1.50. The number of benzene rings is 1. The zero-order chi connectivity index (χ0) is 13.8. The highest BCUT2D eigenvalue weighted by atomic mass is 16.5. The number of hydrogen-bond acceptors (Lipinski definition) is 3. The van der Waals surface area contributed by atoms with Crippen molar-refractivity contribution in [3.63, 3.8) is 0 Å². The van der Waals surface area contributed by atoms with Crippen LogP contribution in [0.5, 0.6) is 0 Å². The molecule has 1 aliphatic heterocycles. The first-order chi connectivity index (χ1) is 9.81. The molecule has 20 heavy (non-hydrogen) atoms. The Bertz CT molecular complexity index is 423. The molecule has 1 saturated heterocycles. The number of likely N-dealkylation sites (tertiary alicyclic amines) is 1. The van der Waals surface area contributed by atoms with E-state index in [1.54, 1.807) is 0 Å². The van der Waals surface area contributed by atoms with Crippen LogP contribution in [0, 0.1) is 0 Å². The molecule has 1 aromatic rings. The third-order valence-electron chi connectivity index (χ3n) is 4.42. The van der Waals surface area contributed by atoms with E-state index >= 15 is 0 Å². The predicted molar refractivity (Wildman–Crippen MR) is 81.6 cm³/mol. The Labute approximate surface area is 122 Å². The molecule has 1 aliphatic carbocycles. The van der Waals surface area contributed by atoms with Crippen LogP contribution in [-0.4, -0.2) is 37.2 Å². The Kier molecular flexibility index (Phi) is 4.71. The van der Waals surface area contributed by atoms with E-state index in [0.29, 0.717) is 6.10 Å². The maximum atomic E-state index is 6.13. The summed E-state index contributed by atoms with van der Waals surface area (Å²) in [6.45, 7) is 4.07. The highest BCUT2D eigenvalue weighted by molar-refractivity contribution is 5.26. The summed E-state index contributed by atoms with van der Waals surface area (Å²) in [7, 11) is 2.19. The fraction of sp³-hybridized carbons (Fsp3) is 0.647. The second-order valence-electron chi connectivity index (χ2n) is 6.24. The molecule has 1 saturated carbocycles. The van der Waals surface area contributed by atoms with Gasteiger partial charge in [-0.25, -0.2) is 0 Å². The van der Waals surface area contributed by atoms with Crippen LogP contribution in [0.1, 0.15) is 36.8 Å². The topological polar surface area (TPSA) is 24.5 Å². The second-order valence-corrected chi connectivity index (χ2v) is 6.24. The van der Waals surface area contributed by atoms with Crippen LogP contribution in [0.3, 0.4) is 0 Å². The van der Waals surface area contributed by atoms with Crippen molar-refractivity contribution in [1.82, 2.24) is 10.2 Å². The SMILES string of the molecule is CN1CCC(OCc2ccccc2CNC2CC2)CC1. The lowest BCUT2D eigenvalue weighted by atomic mass is 10.1. The molecule has 3 nitrogen and oxygen atoms in total. The molecule has 0 unspecified atom stereocenters. The third-order valence-corrected chi connectivity index (χ3v) is 4.42. The van der Waals surface area contributed by atoms with Crippen LogP contribution < -0.4 is 5.32 Å². The number of nitrogens with one attached hydrogen (secondary N) is 1. The van der Waals surface area contributed by atoms with Gasteiger partial charge in [0.25, 0.3) is 0 Å². The number of hydrogen-bond donors (Lipinski definition) is 1. The van der Waals surface area contributed by atoms with Gasteiger partial charge in [-0.15, -0.1) is 0 Å². The lowest BCUT2D eigenvalue weighted by molar-refractivity contribution is 0.00184. The summed E-state index contributed by atoms with van der Waals surface area (Å²) in [5.41, 5.74) is 2.74. The van der Waals surface area contributed by atoms with Crippen LogP contribution in [0.2, 0.25) is 0 Å².